The van der Waals surface area contributed by atoms with Crippen molar-refractivity contribution in [2.75, 3.05) is 13.7 Å². The molecule has 4 rings (SSSR count). The molecule has 1 aromatic heterocycles. The van der Waals surface area contributed by atoms with E-state index in [4.69, 9.17) is 4.74 Å². The lowest BCUT2D eigenvalue weighted by Crippen LogP contribution is -2.36. The molecule has 6 nitrogen and oxygen atoms in total. The van der Waals surface area contributed by atoms with Crippen LogP contribution in [0.2, 0.25) is 0 Å². The van der Waals surface area contributed by atoms with Crippen LogP contribution < -0.4 is 15.4 Å². The van der Waals surface area contributed by atoms with E-state index in [1.165, 1.54) is 24.0 Å². The molecule has 6 heteroatoms. The molecule has 1 aliphatic rings. The van der Waals surface area contributed by atoms with Crippen molar-refractivity contribution in [2.45, 2.75) is 45.8 Å². The van der Waals surface area contributed by atoms with Gasteiger partial charge in [0.1, 0.15) is 5.75 Å². The Hall–Kier alpha value is -3.12. The number of aryl methyl sites for hydroxylation is 1. The van der Waals surface area contributed by atoms with E-state index >= 15 is 0 Å². The number of carbonyl (C=O) groups is 1. The summed E-state index contributed by atoms with van der Waals surface area (Å²) in [6.07, 6.45) is 2.40. The highest BCUT2D eigenvalue weighted by Crippen LogP contribution is 2.41. The number of benzene rings is 2. The number of hydrogen-bond donors (Lipinski definition) is 2. The van der Waals surface area contributed by atoms with Crippen molar-refractivity contribution >= 4 is 5.91 Å². The Kier molecular flexibility index (Phi) is 6.90. The molecule has 168 valence electrons. The number of hydrogen-bond acceptors (Lipinski definition) is 4. The quantitative estimate of drug-likeness (QED) is 0.510. The lowest BCUT2D eigenvalue weighted by atomic mass is 10.0. The van der Waals surface area contributed by atoms with Gasteiger partial charge in [-0.2, -0.15) is 5.10 Å². The fraction of sp³-hybridized carbons (Fsp3) is 0.385. The van der Waals surface area contributed by atoms with Crippen molar-refractivity contribution in [3.05, 3.63) is 82.7 Å². The third-order valence-electron chi connectivity index (χ3n) is 6.22. The Bertz CT molecular complexity index is 1040. The summed E-state index contributed by atoms with van der Waals surface area (Å²) < 4.78 is 7.27. The molecule has 1 atom stereocenters. The highest BCUT2D eigenvalue weighted by Gasteiger charge is 2.32. The smallest absolute Gasteiger partial charge is 0.234 e. The molecule has 0 saturated heterocycles. The van der Waals surface area contributed by atoms with Gasteiger partial charge >= 0.3 is 0 Å². The average Bonchev–Trinajstić information content (AvgIpc) is 3.61. The highest BCUT2D eigenvalue weighted by atomic mass is 16.5. The summed E-state index contributed by atoms with van der Waals surface area (Å²) in [5, 5.41) is 11.2. The molecule has 1 unspecified atom stereocenters. The zero-order valence-electron chi connectivity index (χ0n) is 19.1. The Morgan fingerprint density at radius 1 is 1.12 bits per heavy atom. The van der Waals surface area contributed by atoms with Crippen LogP contribution in [-0.2, 0) is 17.9 Å². The van der Waals surface area contributed by atoms with Gasteiger partial charge in [-0.05, 0) is 55.9 Å². The molecule has 0 aliphatic heterocycles. The second-order valence-corrected chi connectivity index (χ2v) is 8.54. The number of ether oxygens (including phenoxy) is 1. The second-order valence-electron chi connectivity index (χ2n) is 8.54. The lowest BCUT2D eigenvalue weighted by Gasteiger charge is -2.19. The predicted molar refractivity (Wildman–Crippen MR) is 126 cm³/mol. The van der Waals surface area contributed by atoms with Crippen molar-refractivity contribution in [1.29, 1.82) is 0 Å². The van der Waals surface area contributed by atoms with E-state index in [2.05, 4.69) is 46.9 Å². The first kappa shape index (κ1) is 22.1. The van der Waals surface area contributed by atoms with Crippen LogP contribution in [0.1, 0.15) is 47.0 Å². The fourth-order valence-corrected chi connectivity index (χ4v) is 4.15. The van der Waals surface area contributed by atoms with Crippen molar-refractivity contribution in [3.8, 4) is 5.75 Å². The van der Waals surface area contributed by atoms with Gasteiger partial charge in [0.15, 0.2) is 0 Å². The summed E-state index contributed by atoms with van der Waals surface area (Å²) in [6, 6.07) is 18.6. The van der Waals surface area contributed by atoms with Gasteiger partial charge in [0, 0.05) is 23.8 Å². The van der Waals surface area contributed by atoms with Crippen LogP contribution in [0.25, 0.3) is 0 Å². The molecule has 1 fully saturated rings. The standard InChI is InChI=1S/C26H32N4O2/c1-18-24(19(2)30(29-18)17-20-7-5-4-6-8-20)15-27-25(31)16-28-26(21-9-10-21)22-11-13-23(32-3)14-12-22/h4-8,11-14,21,26,28H,9-10,15-17H2,1-3H3,(H,27,31). The number of rotatable bonds is 10. The van der Waals surface area contributed by atoms with E-state index in [0.717, 1.165) is 29.2 Å². The summed E-state index contributed by atoms with van der Waals surface area (Å²) in [6.45, 7) is 5.58. The number of nitrogens with zero attached hydrogens (tertiary/aromatic N) is 2. The molecular weight excluding hydrogens is 400 g/mol. The Morgan fingerprint density at radius 3 is 2.50 bits per heavy atom. The number of methoxy groups -OCH3 is 1. The largest absolute Gasteiger partial charge is 0.497 e. The Labute approximate surface area is 190 Å². The second kappa shape index (κ2) is 10.0. The van der Waals surface area contributed by atoms with E-state index < -0.39 is 0 Å². The van der Waals surface area contributed by atoms with E-state index in [1.54, 1.807) is 7.11 Å². The zero-order chi connectivity index (χ0) is 22.5. The highest BCUT2D eigenvalue weighted by molar-refractivity contribution is 5.78. The van der Waals surface area contributed by atoms with Gasteiger partial charge < -0.3 is 15.4 Å². The third kappa shape index (κ3) is 5.37. The molecule has 1 aliphatic carbocycles. The number of aromatic nitrogens is 2. The topological polar surface area (TPSA) is 68.2 Å². The molecule has 0 radical (unpaired) electrons. The number of carbonyl (C=O) groups excluding carboxylic acids is 1. The summed E-state index contributed by atoms with van der Waals surface area (Å²) in [7, 11) is 1.67. The third-order valence-corrected chi connectivity index (χ3v) is 6.22. The first-order valence-electron chi connectivity index (χ1n) is 11.3. The van der Waals surface area contributed by atoms with Crippen LogP contribution in [0.5, 0.6) is 5.75 Å². The van der Waals surface area contributed by atoms with E-state index in [1.807, 2.05) is 41.9 Å². The SMILES string of the molecule is COc1ccc(C(NCC(=O)NCc2c(C)nn(Cc3ccccc3)c2C)C2CC2)cc1. The zero-order valence-corrected chi connectivity index (χ0v) is 19.1. The maximum Gasteiger partial charge on any atom is 0.234 e. The average molecular weight is 433 g/mol. The molecule has 1 saturated carbocycles. The van der Waals surface area contributed by atoms with Crippen LogP contribution in [0.4, 0.5) is 0 Å². The van der Waals surface area contributed by atoms with E-state index in [9.17, 15) is 4.79 Å². The molecule has 2 aromatic carbocycles. The maximum absolute atomic E-state index is 12.6. The molecule has 0 spiro atoms. The van der Waals surface area contributed by atoms with Crippen LogP contribution in [0, 0.1) is 19.8 Å². The molecule has 32 heavy (non-hydrogen) atoms. The first-order chi connectivity index (χ1) is 15.5. The minimum Gasteiger partial charge on any atom is -0.497 e. The van der Waals surface area contributed by atoms with Crippen molar-refractivity contribution in [2.24, 2.45) is 5.92 Å². The van der Waals surface area contributed by atoms with Gasteiger partial charge in [-0.3, -0.25) is 9.48 Å². The number of nitrogens with one attached hydrogen (secondary N) is 2. The lowest BCUT2D eigenvalue weighted by molar-refractivity contribution is -0.120. The van der Waals surface area contributed by atoms with Gasteiger partial charge in [-0.25, -0.2) is 0 Å². The molecule has 1 heterocycles. The Balaban J connectivity index is 1.32. The normalized spacial score (nSPS) is 14.2. The van der Waals surface area contributed by atoms with E-state index in [-0.39, 0.29) is 11.9 Å². The van der Waals surface area contributed by atoms with E-state index in [0.29, 0.717) is 19.0 Å². The van der Waals surface area contributed by atoms with Crippen LogP contribution in [0.15, 0.2) is 54.6 Å². The van der Waals surface area contributed by atoms with Crippen LogP contribution >= 0.6 is 0 Å². The minimum atomic E-state index is -0.00114. The molecular formula is C26H32N4O2. The summed E-state index contributed by atoms with van der Waals surface area (Å²) >= 11 is 0. The van der Waals surface area contributed by atoms with Crippen molar-refractivity contribution in [1.82, 2.24) is 20.4 Å². The van der Waals surface area contributed by atoms with Gasteiger partial charge in [-0.1, -0.05) is 42.5 Å². The monoisotopic (exact) mass is 432 g/mol. The molecule has 2 N–H and O–H groups in total. The maximum atomic E-state index is 12.6. The van der Waals surface area contributed by atoms with Crippen LogP contribution in [0.3, 0.4) is 0 Å². The molecule has 1 amide bonds. The van der Waals surface area contributed by atoms with Gasteiger partial charge in [0.05, 0.1) is 25.9 Å². The van der Waals surface area contributed by atoms with Crippen molar-refractivity contribution < 1.29 is 9.53 Å². The molecule has 3 aromatic rings. The molecule has 0 bridgehead atoms. The van der Waals surface area contributed by atoms with Crippen LogP contribution in [-0.4, -0.2) is 29.3 Å². The predicted octanol–water partition coefficient (Wildman–Crippen LogP) is 3.91. The summed E-state index contributed by atoms with van der Waals surface area (Å²) in [4.78, 5) is 12.6. The first-order valence-corrected chi connectivity index (χ1v) is 11.3. The minimum absolute atomic E-state index is 0.00114. The Morgan fingerprint density at radius 2 is 1.84 bits per heavy atom. The van der Waals surface area contributed by atoms with Gasteiger partial charge in [0.25, 0.3) is 0 Å². The van der Waals surface area contributed by atoms with Crippen molar-refractivity contribution in [3.63, 3.8) is 0 Å². The summed E-state index contributed by atoms with van der Waals surface area (Å²) in [5.74, 6) is 1.44. The summed E-state index contributed by atoms with van der Waals surface area (Å²) in [5.41, 5.74) is 5.55. The van der Waals surface area contributed by atoms with Gasteiger partial charge in [0.2, 0.25) is 5.91 Å². The fourth-order valence-electron chi connectivity index (χ4n) is 4.15. The number of amides is 1. The van der Waals surface area contributed by atoms with Gasteiger partial charge in [-0.15, -0.1) is 0 Å².